The highest BCUT2D eigenvalue weighted by atomic mass is 16.2. The first-order valence-corrected chi connectivity index (χ1v) is 8.16. The molecule has 0 radical (unpaired) electrons. The van der Waals surface area contributed by atoms with Crippen LogP contribution in [0.4, 0.5) is 4.79 Å². The van der Waals surface area contributed by atoms with Gasteiger partial charge < -0.3 is 10.3 Å². The molecule has 1 atom stereocenters. The summed E-state index contributed by atoms with van der Waals surface area (Å²) >= 11 is 0. The monoisotopic (exact) mass is 325 g/mol. The number of ketones is 1. The van der Waals surface area contributed by atoms with Crippen molar-refractivity contribution in [2.45, 2.75) is 32.2 Å². The summed E-state index contributed by atoms with van der Waals surface area (Å²) in [4.78, 5) is 41.9. The van der Waals surface area contributed by atoms with Gasteiger partial charge >= 0.3 is 6.03 Å². The molecule has 1 saturated carbocycles. The van der Waals surface area contributed by atoms with Gasteiger partial charge in [0.2, 0.25) is 0 Å². The van der Waals surface area contributed by atoms with Crippen molar-refractivity contribution >= 4 is 28.6 Å². The van der Waals surface area contributed by atoms with Gasteiger partial charge in [-0.2, -0.15) is 0 Å². The van der Waals surface area contributed by atoms with E-state index in [0.29, 0.717) is 5.56 Å². The number of para-hydroxylation sites is 1. The number of H-pyrrole nitrogens is 1. The van der Waals surface area contributed by atoms with Crippen LogP contribution in [0.5, 0.6) is 0 Å². The molecule has 1 aromatic heterocycles. The molecule has 0 spiro atoms. The Kier molecular flexibility index (Phi) is 3.07. The van der Waals surface area contributed by atoms with E-state index in [-0.39, 0.29) is 24.2 Å². The average Bonchev–Trinajstić information content (AvgIpc) is 3.30. The maximum Gasteiger partial charge on any atom is 0.325 e. The number of aromatic amines is 1. The van der Waals surface area contributed by atoms with Gasteiger partial charge in [0.1, 0.15) is 5.54 Å². The fourth-order valence-corrected chi connectivity index (χ4v) is 3.66. The highest BCUT2D eigenvalue weighted by molar-refractivity contribution is 6.15. The van der Waals surface area contributed by atoms with Crippen molar-refractivity contribution < 1.29 is 14.4 Å². The number of aryl methyl sites for hydroxylation is 1. The first kappa shape index (κ1) is 14.9. The largest absolute Gasteiger partial charge is 0.358 e. The zero-order valence-electron chi connectivity index (χ0n) is 13.7. The molecule has 6 nitrogen and oxygen atoms in total. The fraction of sp³-hybridized carbons (Fsp3) is 0.389. The molecule has 2 fully saturated rings. The Morgan fingerprint density at radius 2 is 2.00 bits per heavy atom. The van der Waals surface area contributed by atoms with Crippen molar-refractivity contribution in [3.8, 4) is 0 Å². The summed E-state index contributed by atoms with van der Waals surface area (Å²) in [6.07, 6.45) is 1.87. The number of nitrogens with zero attached hydrogens (tertiary/aromatic N) is 1. The number of fused-ring (bicyclic) bond motifs is 1. The Morgan fingerprint density at radius 1 is 1.29 bits per heavy atom. The van der Waals surface area contributed by atoms with Gasteiger partial charge in [0.05, 0.1) is 6.54 Å². The molecule has 3 amide bonds. The number of Topliss-reactive ketones (excluding diaryl/α,β-unsaturated/α-hetero) is 1. The Bertz CT molecular complexity index is 881. The summed E-state index contributed by atoms with van der Waals surface area (Å²) in [6.45, 7) is 3.36. The summed E-state index contributed by atoms with van der Waals surface area (Å²) in [5, 5.41) is 3.59. The summed E-state index contributed by atoms with van der Waals surface area (Å²) < 4.78 is 0. The average molecular weight is 325 g/mol. The number of carbonyl (C=O) groups excluding carboxylic acids is 3. The molecule has 2 aliphatic rings. The highest BCUT2D eigenvalue weighted by Gasteiger charge is 2.56. The smallest absolute Gasteiger partial charge is 0.325 e. The molecular weight excluding hydrogens is 306 g/mol. The van der Waals surface area contributed by atoms with Crippen LogP contribution in [0, 0.1) is 12.8 Å². The van der Waals surface area contributed by atoms with Crippen LogP contribution in [-0.2, 0) is 4.79 Å². The number of aromatic nitrogens is 1. The van der Waals surface area contributed by atoms with Gasteiger partial charge in [-0.05, 0) is 38.7 Å². The van der Waals surface area contributed by atoms with E-state index < -0.39 is 11.6 Å². The molecule has 24 heavy (non-hydrogen) atoms. The van der Waals surface area contributed by atoms with Gasteiger partial charge in [-0.1, -0.05) is 18.2 Å². The summed E-state index contributed by atoms with van der Waals surface area (Å²) in [6, 6.07) is 7.05. The molecular formula is C18H19N3O3. The Balaban J connectivity index is 1.63. The maximum atomic E-state index is 12.8. The molecule has 124 valence electrons. The molecule has 4 rings (SSSR count). The SMILES string of the molecule is Cc1[nH]c2ccccc2c1C(=O)CN1C(=O)N[C@](C)(C2CC2)C1=O. The number of imide groups is 1. The lowest BCUT2D eigenvalue weighted by Crippen LogP contribution is -2.46. The van der Waals surface area contributed by atoms with Crippen LogP contribution in [0.1, 0.15) is 35.8 Å². The number of benzene rings is 1. The van der Waals surface area contributed by atoms with Gasteiger partial charge in [-0.25, -0.2) is 4.79 Å². The third-order valence-corrected chi connectivity index (χ3v) is 5.17. The van der Waals surface area contributed by atoms with E-state index in [9.17, 15) is 14.4 Å². The van der Waals surface area contributed by atoms with E-state index in [4.69, 9.17) is 0 Å². The van der Waals surface area contributed by atoms with Crippen LogP contribution < -0.4 is 5.32 Å². The minimum Gasteiger partial charge on any atom is -0.358 e. The van der Waals surface area contributed by atoms with E-state index >= 15 is 0 Å². The van der Waals surface area contributed by atoms with Gasteiger partial charge in [-0.15, -0.1) is 0 Å². The molecule has 0 bridgehead atoms. The molecule has 2 N–H and O–H groups in total. The molecule has 1 aliphatic heterocycles. The van der Waals surface area contributed by atoms with E-state index in [1.54, 1.807) is 6.92 Å². The first-order valence-electron chi connectivity index (χ1n) is 8.16. The van der Waals surface area contributed by atoms with Gasteiger partial charge in [0, 0.05) is 22.2 Å². The predicted octanol–water partition coefficient (Wildman–Crippen LogP) is 2.38. The lowest BCUT2D eigenvalue weighted by atomic mass is 9.96. The van der Waals surface area contributed by atoms with Crippen LogP contribution in [0.15, 0.2) is 24.3 Å². The van der Waals surface area contributed by atoms with E-state index in [1.807, 2.05) is 31.2 Å². The Morgan fingerprint density at radius 3 is 2.71 bits per heavy atom. The first-order chi connectivity index (χ1) is 11.4. The predicted molar refractivity (Wildman–Crippen MR) is 88.7 cm³/mol. The number of amides is 3. The quantitative estimate of drug-likeness (QED) is 0.669. The van der Waals surface area contributed by atoms with Crippen LogP contribution in [-0.4, -0.2) is 39.7 Å². The Labute approximate surface area is 139 Å². The van der Waals surface area contributed by atoms with Crippen molar-refractivity contribution in [1.29, 1.82) is 0 Å². The fourth-order valence-electron chi connectivity index (χ4n) is 3.66. The summed E-state index contributed by atoms with van der Waals surface area (Å²) in [5.41, 5.74) is 1.31. The van der Waals surface area contributed by atoms with Gasteiger partial charge in [0.25, 0.3) is 5.91 Å². The van der Waals surface area contributed by atoms with E-state index in [0.717, 1.165) is 34.3 Å². The number of carbonyl (C=O) groups is 3. The van der Waals surface area contributed by atoms with Crippen molar-refractivity contribution in [2.75, 3.05) is 6.54 Å². The zero-order chi connectivity index (χ0) is 17.1. The van der Waals surface area contributed by atoms with Crippen molar-refractivity contribution in [3.63, 3.8) is 0 Å². The van der Waals surface area contributed by atoms with Crippen LogP contribution in [0.25, 0.3) is 10.9 Å². The molecule has 6 heteroatoms. The van der Waals surface area contributed by atoms with E-state index in [1.165, 1.54) is 0 Å². The summed E-state index contributed by atoms with van der Waals surface area (Å²) in [5.74, 6) is -0.335. The number of hydrogen-bond acceptors (Lipinski definition) is 3. The second-order valence-corrected chi connectivity index (χ2v) is 6.89. The Hall–Kier alpha value is -2.63. The van der Waals surface area contributed by atoms with Crippen molar-refractivity contribution in [1.82, 2.24) is 15.2 Å². The molecule has 1 aliphatic carbocycles. The highest BCUT2D eigenvalue weighted by Crippen LogP contribution is 2.42. The second kappa shape index (κ2) is 4.93. The normalized spacial score (nSPS) is 23.8. The van der Waals surface area contributed by atoms with Gasteiger partial charge in [-0.3, -0.25) is 14.5 Å². The number of hydrogen-bond donors (Lipinski definition) is 2. The minimum atomic E-state index is -0.855. The second-order valence-electron chi connectivity index (χ2n) is 6.89. The summed E-state index contributed by atoms with van der Waals surface area (Å²) in [7, 11) is 0. The van der Waals surface area contributed by atoms with E-state index in [2.05, 4.69) is 10.3 Å². The standard InChI is InChI=1S/C18H19N3O3/c1-10-15(12-5-3-4-6-13(12)19-10)14(22)9-21-16(23)18(2,11-7-8-11)20-17(21)24/h3-6,11,19H,7-9H2,1-2H3,(H,20,24)/t18-/m1/s1. The lowest BCUT2D eigenvalue weighted by molar-refractivity contribution is -0.131. The topological polar surface area (TPSA) is 82.3 Å². The lowest BCUT2D eigenvalue weighted by Gasteiger charge is -2.20. The molecule has 1 aromatic carbocycles. The zero-order valence-corrected chi connectivity index (χ0v) is 13.7. The van der Waals surface area contributed by atoms with Crippen LogP contribution >= 0.6 is 0 Å². The van der Waals surface area contributed by atoms with Crippen LogP contribution in [0.2, 0.25) is 0 Å². The number of rotatable bonds is 4. The number of nitrogens with one attached hydrogen (secondary N) is 2. The molecule has 2 aromatic rings. The maximum absolute atomic E-state index is 12.8. The third-order valence-electron chi connectivity index (χ3n) is 5.17. The van der Waals surface area contributed by atoms with Gasteiger partial charge in [0.15, 0.2) is 5.78 Å². The molecule has 1 saturated heterocycles. The van der Waals surface area contributed by atoms with Crippen molar-refractivity contribution in [3.05, 3.63) is 35.5 Å². The van der Waals surface area contributed by atoms with Crippen LogP contribution in [0.3, 0.4) is 0 Å². The number of urea groups is 1. The van der Waals surface area contributed by atoms with Crippen molar-refractivity contribution in [2.24, 2.45) is 5.92 Å². The third kappa shape index (κ3) is 2.06. The molecule has 2 heterocycles. The minimum absolute atomic E-state index is 0.184. The molecule has 0 unspecified atom stereocenters.